The number of hydrogen-bond donors (Lipinski definition) is 2. The molecule has 0 aromatic carbocycles. The lowest BCUT2D eigenvalue weighted by molar-refractivity contribution is -0.146. The van der Waals surface area contributed by atoms with E-state index in [-0.39, 0.29) is 5.91 Å². The van der Waals surface area contributed by atoms with Crippen LogP contribution in [0.4, 0.5) is 5.00 Å². The maximum absolute atomic E-state index is 12.7. The molecule has 0 radical (unpaired) electrons. The molecule has 6 heteroatoms. The second-order valence-corrected chi connectivity index (χ2v) is 7.82. The number of thiophene rings is 1. The summed E-state index contributed by atoms with van der Waals surface area (Å²) < 4.78 is 0. The standard InChI is InChI=1S/C19H22N2O3S/c20-11-15-12-7-3-1-2-4-10-16(12)25-18(15)21-17(22)13-8-5-6-9-14(13)19(23)24/h5-6,13-14H,1-4,7-10H2,(H,21,22)(H,23,24)/t13-,14-/m0/s1. The van der Waals surface area contributed by atoms with Gasteiger partial charge in [-0.15, -0.1) is 11.3 Å². The molecule has 0 saturated carbocycles. The molecule has 3 rings (SSSR count). The summed E-state index contributed by atoms with van der Waals surface area (Å²) >= 11 is 1.49. The zero-order valence-corrected chi connectivity index (χ0v) is 14.9. The Morgan fingerprint density at radius 2 is 1.80 bits per heavy atom. The minimum Gasteiger partial charge on any atom is -0.481 e. The molecule has 132 valence electrons. The molecule has 0 fully saturated rings. The van der Waals surface area contributed by atoms with Crippen molar-refractivity contribution in [3.8, 4) is 6.07 Å². The number of amides is 1. The normalized spacial score (nSPS) is 23.0. The number of nitriles is 1. The molecule has 1 heterocycles. The van der Waals surface area contributed by atoms with E-state index in [1.54, 1.807) is 0 Å². The molecule has 2 aliphatic rings. The van der Waals surface area contributed by atoms with Gasteiger partial charge in [0.05, 0.1) is 17.4 Å². The van der Waals surface area contributed by atoms with Gasteiger partial charge in [0.25, 0.3) is 0 Å². The Balaban J connectivity index is 1.83. The number of fused-ring (bicyclic) bond motifs is 1. The summed E-state index contributed by atoms with van der Waals surface area (Å²) in [7, 11) is 0. The fourth-order valence-corrected chi connectivity index (χ4v) is 4.95. The highest BCUT2D eigenvalue weighted by Crippen LogP contribution is 2.37. The van der Waals surface area contributed by atoms with Crippen molar-refractivity contribution in [3.05, 3.63) is 28.2 Å². The Kier molecular flexibility index (Phi) is 5.54. The van der Waals surface area contributed by atoms with Gasteiger partial charge in [0.15, 0.2) is 0 Å². The van der Waals surface area contributed by atoms with Gasteiger partial charge < -0.3 is 10.4 Å². The zero-order chi connectivity index (χ0) is 17.8. The molecular formula is C19H22N2O3S. The summed E-state index contributed by atoms with van der Waals surface area (Å²) in [4.78, 5) is 25.3. The van der Waals surface area contributed by atoms with Crippen molar-refractivity contribution in [2.24, 2.45) is 11.8 Å². The Labute approximate surface area is 151 Å². The van der Waals surface area contributed by atoms with Crippen LogP contribution in [0.2, 0.25) is 0 Å². The van der Waals surface area contributed by atoms with Gasteiger partial charge >= 0.3 is 5.97 Å². The fourth-order valence-electron chi connectivity index (χ4n) is 3.71. The lowest BCUT2D eigenvalue weighted by Crippen LogP contribution is -2.34. The highest BCUT2D eigenvalue weighted by Gasteiger charge is 2.34. The van der Waals surface area contributed by atoms with Crippen LogP contribution in [0, 0.1) is 23.2 Å². The molecule has 25 heavy (non-hydrogen) atoms. The van der Waals surface area contributed by atoms with Gasteiger partial charge in [-0.3, -0.25) is 9.59 Å². The van der Waals surface area contributed by atoms with Crippen LogP contribution in [0.1, 0.15) is 54.5 Å². The maximum atomic E-state index is 12.7. The number of nitrogens with zero attached hydrogens (tertiary/aromatic N) is 1. The molecule has 0 aliphatic heterocycles. The first-order valence-corrected chi connectivity index (χ1v) is 9.66. The van der Waals surface area contributed by atoms with Crippen molar-refractivity contribution in [2.75, 3.05) is 5.32 Å². The van der Waals surface area contributed by atoms with Crippen molar-refractivity contribution >= 4 is 28.2 Å². The van der Waals surface area contributed by atoms with Crippen LogP contribution in [-0.4, -0.2) is 17.0 Å². The maximum Gasteiger partial charge on any atom is 0.307 e. The third-order valence-corrected chi connectivity index (χ3v) is 6.31. The molecule has 0 bridgehead atoms. The van der Waals surface area contributed by atoms with Crippen molar-refractivity contribution in [3.63, 3.8) is 0 Å². The highest BCUT2D eigenvalue weighted by molar-refractivity contribution is 7.16. The van der Waals surface area contributed by atoms with Crippen molar-refractivity contribution in [1.82, 2.24) is 0 Å². The molecule has 2 N–H and O–H groups in total. The predicted octanol–water partition coefficient (Wildman–Crippen LogP) is 3.88. The summed E-state index contributed by atoms with van der Waals surface area (Å²) in [5, 5.41) is 22.4. The predicted molar refractivity (Wildman–Crippen MR) is 96.5 cm³/mol. The number of hydrogen-bond acceptors (Lipinski definition) is 4. The number of rotatable bonds is 3. The van der Waals surface area contributed by atoms with Crippen LogP contribution in [0.25, 0.3) is 0 Å². The van der Waals surface area contributed by atoms with E-state index in [1.807, 2.05) is 12.2 Å². The van der Waals surface area contributed by atoms with Gasteiger partial charge in [-0.25, -0.2) is 0 Å². The molecule has 1 aromatic heterocycles. The highest BCUT2D eigenvalue weighted by atomic mass is 32.1. The monoisotopic (exact) mass is 358 g/mol. The summed E-state index contributed by atoms with van der Waals surface area (Å²) in [5.74, 6) is -2.51. The minimum atomic E-state index is -0.941. The first-order chi connectivity index (χ1) is 12.1. The SMILES string of the molecule is N#Cc1c(NC(=O)[C@H]2CC=CC[C@@H]2C(=O)O)sc2c1CCCCCC2. The van der Waals surface area contributed by atoms with Crippen LogP contribution < -0.4 is 5.32 Å². The molecule has 0 unspecified atom stereocenters. The van der Waals surface area contributed by atoms with E-state index in [9.17, 15) is 20.0 Å². The summed E-state index contributed by atoms with van der Waals surface area (Å²) in [6.45, 7) is 0. The Hall–Kier alpha value is -2.13. The van der Waals surface area contributed by atoms with Crippen LogP contribution >= 0.6 is 11.3 Å². The molecule has 2 aliphatic carbocycles. The molecule has 0 saturated heterocycles. The van der Waals surface area contributed by atoms with E-state index in [2.05, 4.69) is 11.4 Å². The van der Waals surface area contributed by atoms with Crippen LogP contribution in [0.3, 0.4) is 0 Å². The van der Waals surface area contributed by atoms with Crippen LogP contribution in [0.15, 0.2) is 12.2 Å². The summed E-state index contributed by atoms with van der Waals surface area (Å²) in [6, 6.07) is 2.26. The molecule has 1 amide bonds. The van der Waals surface area contributed by atoms with E-state index < -0.39 is 17.8 Å². The number of carboxylic acid groups (broad SMARTS) is 1. The summed E-state index contributed by atoms with van der Waals surface area (Å²) in [6.07, 6.45) is 10.9. The zero-order valence-electron chi connectivity index (χ0n) is 14.1. The Morgan fingerprint density at radius 3 is 2.48 bits per heavy atom. The average Bonchev–Trinajstić information content (AvgIpc) is 2.90. The third-order valence-electron chi connectivity index (χ3n) is 5.11. The minimum absolute atomic E-state index is 0.289. The molecule has 0 spiro atoms. The first kappa shape index (κ1) is 17.7. The average molecular weight is 358 g/mol. The second kappa shape index (κ2) is 7.83. The molecule has 1 aromatic rings. The number of carbonyl (C=O) groups excluding carboxylic acids is 1. The third kappa shape index (κ3) is 3.77. The summed E-state index contributed by atoms with van der Waals surface area (Å²) in [5.41, 5.74) is 1.66. The van der Waals surface area contributed by atoms with Crippen molar-refractivity contribution < 1.29 is 14.7 Å². The van der Waals surface area contributed by atoms with E-state index in [0.717, 1.165) is 31.2 Å². The van der Waals surface area contributed by atoms with Gasteiger partial charge in [0.2, 0.25) is 5.91 Å². The Bertz CT molecular complexity index is 745. The van der Waals surface area contributed by atoms with Gasteiger partial charge in [0, 0.05) is 4.88 Å². The van der Waals surface area contributed by atoms with E-state index in [0.29, 0.717) is 23.4 Å². The number of nitrogens with one attached hydrogen (secondary N) is 1. The smallest absolute Gasteiger partial charge is 0.307 e. The van der Waals surface area contributed by atoms with Crippen molar-refractivity contribution in [1.29, 1.82) is 5.26 Å². The van der Waals surface area contributed by atoms with Gasteiger partial charge in [-0.05, 0) is 44.1 Å². The largest absolute Gasteiger partial charge is 0.481 e. The number of carbonyl (C=O) groups is 2. The van der Waals surface area contributed by atoms with Gasteiger partial charge in [-0.1, -0.05) is 25.0 Å². The Morgan fingerprint density at radius 1 is 1.12 bits per heavy atom. The van der Waals surface area contributed by atoms with Gasteiger partial charge in [-0.2, -0.15) is 5.26 Å². The lowest BCUT2D eigenvalue weighted by atomic mass is 9.82. The molecule has 2 atom stereocenters. The van der Waals surface area contributed by atoms with Gasteiger partial charge in [0.1, 0.15) is 11.1 Å². The molecular weight excluding hydrogens is 336 g/mol. The number of aryl methyl sites for hydroxylation is 1. The van der Waals surface area contributed by atoms with Crippen molar-refractivity contribution in [2.45, 2.75) is 51.4 Å². The van der Waals surface area contributed by atoms with Crippen LogP contribution in [0.5, 0.6) is 0 Å². The van der Waals surface area contributed by atoms with E-state index >= 15 is 0 Å². The number of carboxylic acids is 1. The second-order valence-electron chi connectivity index (χ2n) is 6.72. The lowest BCUT2D eigenvalue weighted by Gasteiger charge is -2.23. The van der Waals surface area contributed by atoms with E-state index in [1.165, 1.54) is 29.1 Å². The fraction of sp³-hybridized carbons (Fsp3) is 0.526. The topological polar surface area (TPSA) is 90.2 Å². The van der Waals surface area contributed by atoms with Crippen LogP contribution in [-0.2, 0) is 22.4 Å². The van der Waals surface area contributed by atoms with E-state index in [4.69, 9.17) is 0 Å². The number of aliphatic carboxylic acids is 1. The quantitative estimate of drug-likeness (QED) is 0.802. The number of anilines is 1. The number of allylic oxidation sites excluding steroid dienone is 2. The molecule has 5 nitrogen and oxygen atoms in total. The first-order valence-electron chi connectivity index (χ1n) is 8.85.